The zero-order valence-corrected chi connectivity index (χ0v) is 18.4. The minimum atomic E-state index is -0.839. The molecule has 35 heavy (non-hydrogen) atoms. The summed E-state index contributed by atoms with van der Waals surface area (Å²) >= 11 is 0. The number of benzene rings is 4. The van der Waals surface area contributed by atoms with E-state index >= 15 is 0 Å². The normalized spacial score (nSPS) is 10.4. The molecule has 0 aliphatic heterocycles. The van der Waals surface area contributed by atoms with Crippen LogP contribution < -0.4 is 0 Å². The number of non-ortho nitro benzene ring substituents is 1. The van der Waals surface area contributed by atoms with Gasteiger partial charge in [-0.2, -0.15) is 0 Å². The summed E-state index contributed by atoms with van der Waals surface area (Å²) in [6.07, 6.45) is 0. The fourth-order valence-electron chi connectivity index (χ4n) is 3.54. The third-order valence-electron chi connectivity index (χ3n) is 5.36. The van der Waals surface area contributed by atoms with Gasteiger partial charge in [0.1, 0.15) is 0 Å². The number of ketones is 2. The number of carbonyl (C=O) groups is 3. The molecule has 0 amide bonds. The molecule has 7 heteroatoms. The number of hydrogen-bond donors (Lipinski definition) is 0. The van der Waals surface area contributed by atoms with Crippen LogP contribution in [0.3, 0.4) is 0 Å². The van der Waals surface area contributed by atoms with E-state index in [-0.39, 0.29) is 28.2 Å². The second-order valence-electron chi connectivity index (χ2n) is 7.62. The minimum absolute atomic E-state index is 0.0245. The summed E-state index contributed by atoms with van der Waals surface area (Å²) < 4.78 is 5.14. The zero-order chi connectivity index (χ0) is 24.8. The highest BCUT2D eigenvalue weighted by Crippen LogP contribution is 2.22. The molecular weight excluding hydrogens is 446 g/mol. The van der Waals surface area contributed by atoms with E-state index in [9.17, 15) is 24.5 Å². The molecule has 4 aromatic rings. The summed E-state index contributed by atoms with van der Waals surface area (Å²) in [6.45, 7) is -0.617. The maximum Gasteiger partial charge on any atom is 0.339 e. The van der Waals surface area contributed by atoms with Crippen LogP contribution in [0.4, 0.5) is 5.69 Å². The van der Waals surface area contributed by atoms with Crippen LogP contribution in [0.1, 0.15) is 36.6 Å². The Morgan fingerprint density at radius 2 is 1.31 bits per heavy atom. The molecule has 4 rings (SSSR count). The van der Waals surface area contributed by atoms with Crippen molar-refractivity contribution in [3.8, 4) is 11.1 Å². The van der Waals surface area contributed by atoms with Crippen molar-refractivity contribution in [3.63, 3.8) is 0 Å². The van der Waals surface area contributed by atoms with Crippen LogP contribution in [0.25, 0.3) is 11.1 Å². The first-order valence-electron chi connectivity index (χ1n) is 10.7. The third-order valence-corrected chi connectivity index (χ3v) is 5.36. The third kappa shape index (κ3) is 5.36. The molecule has 0 atom stereocenters. The standard InChI is InChI=1S/C28H19NO6/c30-26(22-9-6-10-23(17-22)29(33)34)18-35-28(32)25-12-5-4-11-24(25)27(31)21-15-13-20(14-16-21)19-7-2-1-3-8-19/h1-17H,18H2. The summed E-state index contributed by atoms with van der Waals surface area (Å²) in [4.78, 5) is 48.5. The first-order chi connectivity index (χ1) is 16.9. The van der Waals surface area contributed by atoms with Crippen molar-refractivity contribution in [3.05, 3.63) is 135 Å². The highest BCUT2D eigenvalue weighted by Gasteiger charge is 2.21. The van der Waals surface area contributed by atoms with E-state index in [4.69, 9.17) is 4.74 Å². The predicted octanol–water partition coefficient (Wildman–Crippen LogP) is 5.53. The molecule has 0 fully saturated rings. The largest absolute Gasteiger partial charge is 0.454 e. The Bertz CT molecular complexity index is 1410. The van der Waals surface area contributed by atoms with E-state index in [1.54, 1.807) is 24.3 Å². The second kappa shape index (κ2) is 10.4. The topological polar surface area (TPSA) is 104 Å². The summed E-state index contributed by atoms with van der Waals surface area (Å²) in [5, 5.41) is 10.9. The van der Waals surface area contributed by atoms with E-state index in [1.165, 1.54) is 30.3 Å². The fourth-order valence-corrected chi connectivity index (χ4v) is 3.54. The van der Waals surface area contributed by atoms with E-state index in [0.29, 0.717) is 5.56 Å². The first-order valence-corrected chi connectivity index (χ1v) is 10.7. The Labute approximate surface area is 200 Å². The lowest BCUT2D eigenvalue weighted by molar-refractivity contribution is -0.384. The van der Waals surface area contributed by atoms with Crippen LogP contribution in [0.5, 0.6) is 0 Å². The molecule has 0 heterocycles. The lowest BCUT2D eigenvalue weighted by Gasteiger charge is -2.10. The fraction of sp³-hybridized carbons (Fsp3) is 0.0357. The molecule has 0 aromatic heterocycles. The number of nitrogens with zero attached hydrogens (tertiary/aromatic N) is 1. The zero-order valence-electron chi connectivity index (χ0n) is 18.4. The molecule has 172 valence electrons. The number of nitro groups is 1. The Kier molecular flexibility index (Phi) is 6.88. The van der Waals surface area contributed by atoms with Gasteiger partial charge in [-0.15, -0.1) is 0 Å². The van der Waals surface area contributed by atoms with E-state index in [0.717, 1.165) is 17.2 Å². The Hall–Kier alpha value is -4.91. The van der Waals surface area contributed by atoms with Crippen LogP contribution in [0, 0.1) is 10.1 Å². The van der Waals surface area contributed by atoms with Gasteiger partial charge in [-0.25, -0.2) is 4.79 Å². The second-order valence-corrected chi connectivity index (χ2v) is 7.62. The van der Waals surface area contributed by atoms with Gasteiger partial charge in [0.2, 0.25) is 5.78 Å². The molecule has 0 saturated carbocycles. The van der Waals surface area contributed by atoms with Crippen molar-refractivity contribution in [1.82, 2.24) is 0 Å². The van der Waals surface area contributed by atoms with E-state index in [1.807, 2.05) is 42.5 Å². The number of carbonyl (C=O) groups excluding carboxylic acids is 3. The molecular formula is C28H19NO6. The van der Waals surface area contributed by atoms with Crippen molar-refractivity contribution >= 4 is 23.2 Å². The number of Topliss-reactive ketones (excluding diaryl/α,β-unsaturated/α-hetero) is 1. The highest BCUT2D eigenvalue weighted by molar-refractivity contribution is 6.14. The Morgan fingerprint density at radius 1 is 0.686 bits per heavy atom. The van der Waals surface area contributed by atoms with Crippen LogP contribution >= 0.6 is 0 Å². The molecule has 4 aromatic carbocycles. The van der Waals surface area contributed by atoms with Crippen molar-refractivity contribution < 1.29 is 24.0 Å². The van der Waals surface area contributed by atoms with Crippen molar-refractivity contribution in [1.29, 1.82) is 0 Å². The van der Waals surface area contributed by atoms with Gasteiger partial charge in [-0.05, 0) is 17.2 Å². The lowest BCUT2D eigenvalue weighted by atomic mass is 9.96. The van der Waals surface area contributed by atoms with Crippen LogP contribution in [0.15, 0.2) is 103 Å². The first kappa shape index (κ1) is 23.3. The van der Waals surface area contributed by atoms with Crippen molar-refractivity contribution in [2.24, 2.45) is 0 Å². The molecule has 0 aliphatic rings. The van der Waals surface area contributed by atoms with Gasteiger partial charge < -0.3 is 4.74 Å². The SMILES string of the molecule is O=C(COC(=O)c1ccccc1C(=O)c1ccc(-c2ccccc2)cc1)c1cccc([N+](=O)[O-])c1. The molecule has 7 nitrogen and oxygen atoms in total. The maximum absolute atomic E-state index is 13.1. The molecule has 0 radical (unpaired) electrons. The van der Waals surface area contributed by atoms with E-state index in [2.05, 4.69) is 0 Å². The van der Waals surface area contributed by atoms with Gasteiger partial charge in [-0.1, -0.05) is 84.9 Å². The van der Waals surface area contributed by atoms with Gasteiger partial charge in [0.15, 0.2) is 12.4 Å². The van der Waals surface area contributed by atoms with Gasteiger partial charge in [-0.3, -0.25) is 19.7 Å². The maximum atomic E-state index is 13.1. The van der Waals surface area contributed by atoms with Crippen LogP contribution in [0.2, 0.25) is 0 Å². The van der Waals surface area contributed by atoms with Gasteiger partial charge in [0.05, 0.1) is 10.5 Å². The monoisotopic (exact) mass is 465 g/mol. The van der Waals surface area contributed by atoms with Crippen molar-refractivity contribution in [2.75, 3.05) is 6.61 Å². The predicted molar refractivity (Wildman–Crippen MR) is 129 cm³/mol. The summed E-state index contributed by atoms with van der Waals surface area (Å²) in [5.74, 6) is -1.79. The molecule has 0 bridgehead atoms. The van der Waals surface area contributed by atoms with Gasteiger partial charge >= 0.3 is 5.97 Å². The molecule has 0 saturated heterocycles. The number of hydrogen-bond acceptors (Lipinski definition) is 6. The Morgan fingerprint density at radius 3 is 2.00 bits per heavy atom. The smallest absolute Gasteiger partial charge is 0.339 e. The summed E-state index contributed by atoms with van der Waals surface area (Å²) in [5.41, 5.74) is 2.35. The molecule has 0 aliphatic carbocycles. The highest BCUT2D eigenvalue weighted by atomic mass is 16.6. The van der Waals surface area contributed by atoms with Crippen LogP contribution in [-0.4, -0.2) is 29.1 Å². The molecule has 0 unspecified atom stereocenters. The summed E-state index contributed by atoms with van der Waals surface area (Å²) in [6, 6.07) is 28.1. The van der Waals surface area contributed by atoms with Gasteiger partial charge in [0.25, 0.3) is 5.69 Å². The average molecular weight is 465 g/mol. The summed E-state index contributed by atoms with van der Waals surface area (Å²) in [7, 11) is 0. The average Bonchev–Trinajstić information content (AvgIpc) is 2.91. The number of ether oxygens (including phenoxy) is 1. The van der Waals surface area contributed by atoms with E-state index < -0.39 is 23.3 Å². The van der Waals surface area contributed by atoms with Gasteiger partial charge in [0, 0.05) is 28.8 Å². The Balaban J connectivity index is 1.49. The lowest BCUT2D eigenvalue weighted by Crippen LogP contribution is -2.17. The van der Waals surface area contributed by atoms with Crippen LogP contribution in [-0.2, 0) is 4.74 Å². The molecule has 0 spiro atoms. The molecule has 0 N–H and O–H groups in total. The quantitative estimate of drug-likeness (QED) is 0.147. The number of rotatable bonds is 8. The number of esters is 1. The van der Waals surface area contributed by atoms with Crippen molar-refractivity contribution in [2.45, 2.75) is 0 Å². The number of nitro benzene ring substituents is 1. The minimum Gasteiger partial charge on any atom is -0.454 e.